The molecule has 0 bridgehead atoms. The maximum absolute atomic E-state index is 11.8. The van der Waals surface area contributed by atoms with Crippen molar-refractivity contribution >= 4 is 15.8 Å². The van der Waals surface area contributed by atoms with Crippen molar-refractivity contribution in [2.45, 2.75) is 11.3 Å². The summed E-state index contributed by atoms with van der Waals surface area (Å²) < 4.78 is 23.7. The van der Waals surface area contributed by atoms with E-state index in [2.05, 4.69) is 0 Å². The molecule has 0 heterocycles. The molecule has 0 saturated heterocycles. The Kier molecular flexibility index (Phi) is 4.44. The van der Waals surface area contributed by atoms with Crippen molar-refractivity contribution in [2.24, 2.45) is 5.73 Å². The van der Waals surface area contributed by atoms with Crippen LogP contribution in [0.4, 0.5) is 0 Å². The second-order valence-electron chi connectivity index (χ2n) is 3.91. The van der Waals surface area contributed by atoms with Crippen LogP contribution in [0.25, 0.3) is 0 Å². The zero-order valence-electron chi connectivity index (χ0n) is 9.61. The number of nitrogens with two attached hydrogens (primary N) is 1. The van der Waals surface area contributed by atoms with E-state index >= 15 is 0 Å². The number of carbonyl (C=O) groups is 1. The van der Waals surface area contributed by atoms with Gasteiger partial charge in [-0.2, -0.15) is 0 Å². The highest BCUT2D eigenvalue weighted by atomic mass is 32.2. The van der Waals surface area contributed by atoms with Crippen molar-refractivity contribution < 1.29 is 23.4 Å². The van der Waals surface area contributed by atoms with E-state index in [0.717, 1.165) is 5.56 Å². The number of hydrogen-bond acceptors (Lipinski definition) is 5. The molecule has 0 spiro atoms. The minimum absolute atomic E-state index is 0.148. The van der Waals surface area contributed by atoms with Gasteiger partial charge >= 0.3 is 5.97 Å². The molecule has 7 heteroatoms. The van der Waals surface area contributed by atoms with Crippen LogP contribution in [0.2, 0.25) is 0 Å². The summed E-state index contributed by atoms with van der Waals surface area (Å²) in [5.41, 5.74) is 6.00. The second kappa shape index (κ2) is 5.47. The fourth-order valence-corrected chi connectivity index (χ4v) is 2.71. The van der Waals surface area contributed by atoms with Gasteiger partial charge in [0, 0.05) is 0 Å². The molecule has 18 heavy (non-hydrogen) atoms. The number of aliphatic hydroxyl groups is 1. The summed E-state index contributed by atoms with van der Waals surface area (Å²) in [4.78, 5) is 8.21. The topological polar surface area (TPSA) is 118 Å². The highest BCUT2D eigenvalue weighted by Crippen LogP contribution is 2.14. The molecule has 0 aromatic heterocycles. The molecule has 1 rings (SSSR count). The van der Waals surface area contributed by atoms with E-state index in [4.69, 9.17) is 15.9 Å². The Labute approximate surface area is 105 Å². The van der Waals surface area contributed by atoms with Crippen LogP contribution >= 0.6 is 0 Å². The highest BCUT2D eigenvalue weighted by molar-refractivity contribution is 7.93. The number of aliphatic hydroxyl groups excluding tert-OH is 1. The SMILES string of the molecule is N[C@](CO)(C(=O)O)S(=O)(=O)CCc1ccccc1. The predicted octanol–water partition coefficient (Wildman–Crippen LogP) is -0.624. The third kappa shape index (κ3) is 2.87. The molecule has 0 fully saturated rings. The van der Waals surface area contributed by atoms with Crippen molar-refractivity contribution in [3.63, 3.8) is 0 Å². The summed E-state index contributed by atoms with van der Waals surface area (Å²) in [6.07, 6.45) is 0.148. The summed E-state index contributed by atoms with van der Waals surface area (Å²) in [6, 6.07) is 8.75. The van der Waals surface area contributed by atoms with Crippen molar-refractivity contribution in [3.8, 4) is 0 Å². The van der Waals surface area contributed by atoms with Gasteiger partial charge in [-0.3, -0.25) is 0 Å². The number of rotatable bonds is 6. The second-order valence-corrected chi connectivity index (χ2v) is 6.27. The molecule has 0 unspecified atom stereocenters. The molecule has 0 aliphatic heterocycles. The lowest BCUT2D eigenvalue weighted by Crippen LogP contribution is -2.58. The maximum Gasteiger partial charge on any atom is 0.342 e. The van der Waals surface area contributed by atoms with Gasteiger partial charge in [0.05, 0.1) is 12.4 Å². The fourth-order valence-electron chi connectivity index (χ4n) is 1.38. The summed E-state index contributed by atoms with van der Waals surface area (Å²) in [7, 11) is -4.14. The summed E-state index contributed by atoms with van der Waals surface area (Å²) in [6.45, 7) is -1.15. The molecule has 100 valence electrons. The van der Waals surface area contributed by atoms with Crippen LogP contribution in [0.5, 0.6) is 0 Å². The average molecular weight is 273 g/mol. The standard InChI is InChI=1S/C11H15NO5S/c12-11(8-13,10(14)15)18(16,17)7-6-9-4-2-1-3-5-9/h1-5,13H,6-8,12H2,(H,14,15)/t11-/m0/s1. The molecule has 1 atom stereocenters. The molecular weight excluding hydrogens is 258 g/mol. The third-order valence-electron chi connectivity index (χ3n) is 2.65. The van der Waals surface area contributed by atoms with Gasteiger partial charge in [0.2, 0.25) is 4.87 Å². The van der Waals surface area contributed by atoms with Crippen LogP contribution in [0.3, 0.4) is 0 Å². The molecule has 0 aliphatic carbocycles. The van der Waals surface area contributed by atoms with E-state index in [-0.39, 0.29) is 6.42 Å². The van der Waals surface area contributed by atoms with Crippen molar-refractivity contribution in [2.75, 3.05) is 12.4 Å². The van der Waals surface area contributed by atoms with Gasteiger partial charge in [-0.25, -0.2) is 13.2 Å². The van der Waals surface area contributed by atoms with Gasteiger partial charge < -0.3 is 15.9 Å². The lowest BCUT2D eigenvalue weighted by atomic mass is 10.2. The molecule has 1 aromatic carbocycles. The van der Waals surface area contributed by atoms with Crippen LogP contribution in [0.15, 0.2) is 30.3 Å². The maximum atomic E-state index is 11.8. The molecule has 1 aromatic rings. The lowest BCUT2D eigenvalue weighted by Gasteiger charge is -2.22. The van der Waals surface area contributed by atoms with Crippen LogP contribution in [-0.2, 0) is 21.1 Å². The van der Waals surface area contributed by atoms with Gasteiger partial charge in [0.1, 0.15) is 0 Å². The van der Waals surface area contributed by atoms with Gasteiger partial charge in [-0.05, 0) is 12.0 Å². The largest absolute Gasteiger partial charge is 0.479 e. The molecule has 4 N–H and O–H groups in total. The van der Waals surface area contributed by atoms with Crippen LogP contribution < -0.4 is 5.73 Å². The normalized spacial score (nSPS) is 15.0. The number of carboxylic acids is 1. The first-order valence-corrected chi connectivity index (χ1v) is 6.88. The Morgan fingerprint density at radius 3 is 2.28 bits per heavy atom. The van der Waals surface area contributed by atoms with E-state index in [9.17, 15) is 13.2 Å². The van der Waals surface area contributed by atoms with Crippen molar-refractivity contribution in [1.29, 1.82) is 0 Å². The lowest BCUT2D eigenvalue weighted by molar-refractivity contribution is -0.141. The van der Waals surface area contributed by atoms with E-state index in [0.29, 0.717) is 0 Å². The van der Waals surface area contributed by atoms with Gasteiger partial charge in [0.25, 0.3) is 0 Å². The average Bonchev–Trinajstić information content (AvgIpc) is 2.36. The first-order chi connectivity index (χ1) is 8.33. The number of carboxylic acid groups (broad SMARTS) is 1. The molecule has 6 nitrogen and oxygen atoms in total. The van der Waals surface area contributed by atoms with E-state index in [1.54, 1.807) is 30.3 Å². The number of aryl methyl sites for hydroxylation is 1. The van der Waals surface area contributed by atoms with Gasteiger partial charge in [-0.15, -0.1) is 0 Å². The predicted molar refractivity (Wildman–Crippen MR) is 65.6 cm³/mol. The first kappa shape index (κ1) is 14.6. The van der Waals surface area contributed by atoms with E-state index in [1.807, 2.05) is 0 Å². The van der Waals surface area contributed by atoms with E-state index in [1.165, 1.54) is 0 Å². The third-order valence-corrected chi connectivity index (χ3v) is 4.81. The monoisotopic (exact) mass is 273 g/mol. The number of sulfone groups is 1. The number of hydrogen-bond donors (Lipinski definition) is 3. The van der Waals surface area contributed by atoms with Gasteiger partial charge in [0.15, 0.2) is 9.84 Å². The Morgan fingerprint density at radius 2 is 1.83 bits per heavy atom. The zero-order chi connectivity index (χ0) is 13.8. The minimum atomic E-state index is -4.14. The number of benzene rings is 1. The highest BCUT2D eigenvalue weighted by Gasteiger charge is 2.46. The van der Waals surface area contributed by atoms with Gasteiger partial charge in [-0.1, -0.05) is 30.3 Å². The fraction of sp³-hybridized carbons (Fsp3) is 0.364. The van der Waals surface area contributed by atoms with Crippen LogP contribution in [0.1, 0.15) is 5.56 Å². The minimum Gasteiger partial charge on any atom is -0.479 e. The summed E-state index contributed by atoms with van der Waals surface area (Å²) in [5, 5.41) is 17.7. The van der Waals surface area contributed by atoms with E-state index < -0.39 is 33.0 Å². The molecule has 0 aliphatic rings. The molecule has 0 amide bonds. The quantitative estimate of drug-likeness (QED) is 0.635. The Bertz CT molecular complexity index is 513. The summed E-state index contributed by atoms with van der Waals surface area (Å²) >= 11 is 0. The Morgan fingerprint density at radius 1 is 1.28 bits per heavy atom. The smallest absolute Gasteiger partial charge is 0.342 e. The number of aliphatic carboxylic acids is 1. The molecule has 0 radical (unpaired) electrons. The van der Waals surface area contributed by atoms with Crippen LogP contribution in [0, 0.1) is 0 Å². The molecular formula is C11H15NO5S. The summed E-state index contributed by atoms with van der Waals surface area (Å²) in [5.74, 6) is -2.18. The zero-order valence-corrected chi connectivity index (χ0v) is 10.4. The van der Waals surface area contributed by atoms with Crippen molar-refractivity contribution in [3.05, 3.63) is 35.9 Å². The van der Waals surface area contributed by atoms with Crippen LogP contribution in [-0.4, -0.2) is 41.8 Å². The first-order valence-electron chi connectivity index (χ1n) is 5.23. The van der Waals surface area contributed by atoms with Crippen molar-refractivity contribution in [1.82, 2.24) is 0 Å². The molecule has 0 saturated carbocycles. The Hall–Kier alpha value is -1.44. The Balaban J connectivity index is 2.86.